The maximum atomic E-state index is 12.4. The number of nitrogens with zero attached hydrogens (tertiary/aromatic N) is 3. The second-order valence-electron chi connectivity index (χ2n) is 6.09. The van der Waals surface area contributed by atoms with Gasteiger partial charge in [-0.05, 0) is 38.1 Å². The molecule has 0 unspecified atom stereocenters. The van der Waals surface area contributed by atoms with Crippen LogP contribution in [0, 0.1) is 0 Å². The predicted octanol–water partition coefficient (Wildman–Crippen LogP) is 2.50. The fourth-order valence-corrected chi connectivity index (χ4v) is 3.15. The van der Waals surface area contributed by atoms with Crippen molar-refractivity contribution in [3.8, 4) is 0 Å². The molecule has 24 heavy (non-hydrogen) atoms. The van der Waals surface area contributed by atoms with Gasteiger partial charge in [0.15, 0.2) is 0 Å². The number of para-hydroxylation sites is 2. The molecule has 1 fully saturated rings. The summed E-state index contributed by atoms with van der Waals surface area (Å²) >= 11 is 0. The Morgan fingerprint density at radius 3 is 2.88 bits per heavy atom. The second-order valence-corrected chi connectivity index (χ2v) is 6.09. The Kier molecular flexibility index (Phi) is 5.48. The summed E-state index contributed by atoms with van der Waals surface area (Å²) in [6.07, 6.45) is 1.38. The molecule has 1 saturated heterocycles. The van der Waals surface area contributed by atoms with Crippen LogP contribution in [0.2, 0.25) is 0 Å². The molecule has 1 amide bonds. The number of aromatic nitrogens is 2. The van der Waals surface area contributed by atoms with Crippen LogP contribution in [0.15, 0.2) is 24.3 Å². The van der Waals surface area contributed by atoms with Gasteiger partial charge in [-0.15, -0.1) is 0 Å². The molecule has 1 aromatic heterocycles. The lowest BCUT2D eigenvalue weighted by molar-refractivity contribution is -0.124. The number of hydrogen-bond acceptors (Lipinski definition) is 4. The van der Waals surface area contributed by atoms with Crippen LogP contribution in [0.5, 0.6) is 0 Å². The zero-order valence-corrected chi connectivity index (χ0v) is 14.5. The zero-order chi connectivity index (χ0) is 16.9. The number of benzene rings is 1. The standard InChI is InChI=1S/C18H26N4O2/c1-3-21(4-2)11-12-22-15-9-6-5-8-14(15)19-18(22)20-17(23)16-10-7-13-24-16/h5-6,8-9,16H,3-4,7,10-13H2,1-2H3,(H,19,20,23)/t16-/m0/s1. The first-order valence-electron chi connectivity index (χ1n) is 8.83. The molecule has 1 aliphatic heterocycles. The fourth-order valence-electron chi connectivity index (χ4n) is 3.15. The lowest BCUT2D eigenvalue weighted by atomic mass is 10.2. The van der Waals surface area contributed by atoms with Crippen molar-refractivity contribution in [2.45, 2.75) is 39.3 Å². The number of imidazole rings is 1. The molecule has 0 bridgehead atoms. The number of rotatable bonds is 7. The van der Waals surface area contributed by atoms with Crippen molar-refractivity contribution in [3.63, 3.8) is 0 Å². The van der Waals surface area contributed by atoms with Gasteiger partial charge in [-0.25, -0.2) is 4.98 Å². The number of ether oxygens (including phenoxy) is 1. The molecule has 1 atom stereocenters. The average molecular weight is 330 g/mol. The smallest absolute Gasteiger partial charge is 0.255 e. The van der Waals surface area contributed by atoms with Crippen LogP contribution < -0.4 is 5.32 Å². The third-order valence-corrected chi connectivity index (χ3v) is 4.65. The monoisotopic (exact) mass is 330 g/mol. The van der Waals surface area contributed by atoms with E-state index < -0.39 is 0 Å². The molecule has 130 valence electrons. The lowest BCUT2D eigenvalue weighted by Gasteiger charge is -2.19. The SMILES string of the molecule is CCN(CC)CCn1c(NC(=O)[C@@H]2CCCO2)nc2ccccc21. The van der Waals surface area contributed by atoms with E-state index in [2.05, 4.69) is 33.6 Å². The normalized spacial score (nSPS) is 17.7. The number of fused-ring (bicyclic) bond motifs is 1. The van der Waals surface area contributed by atoms with Crippen molar-refractivity contribution in [1.82, 2.24) is 14.5 Å². The summed E-state index contributed by atoms with van der Waals surface area (Å²) in [5.41, 5.74) is 1.95. The first-order chi connectivity index (χ1) is 11.7. The number of likely N-dealkylation sites (N-methyl/N-ethyl adjacent to an activating group) is 1. The summed E-state index contributed by atoms with van der Waals surface area (Å²) < 4.78 is 7.57. The molecule has 2 heterocycles. The third-order valence-electron chi connectivity index (χ3n) is 4.65. The van der Waals surface area contributed by atoms with Gasteiger partial charge in [0, 0.05) is 19.7 Å². The average Bonchev–Trinajstić information content (AvgIpc) is 3.24. The Labute approximate surface area is 142 Å². The van der Waals surface area contributed by atoms with Gasteiger partial charge in [-0.1, -0.05) is 26.0 Å². The van der Waals surface area contributed by atoms with Crippen molar-refractivity contribution in [2.24, 2.45) is 0 Å². The molecule has 0 radical (unpaired) electrons. The summed E-state index contributed by atoms with van der Waals surface area (Å²) in [4.78, 5) is 19.4. The van der Waals surface area contributed by atoms with E-state index in [0.717, 1.165) is 50.1 Å². The lowest BCUT2D eigenvalue weighted by Crippen LogP contribution is -2.30. The van der Waals surface area contributed by atoms with E-state index in [1.165, 1.54) is 0 Å². The Hall–Kier alpha value is -1.92. The van der Waals surface area contributed by atoms with Crippen LogP contribution in [0.1, 0.15) is 26.7 Å². The minimum absolute atomic E-state index is 0.0908. The maximum Gasteiger partial charge on any atom is 0.255 e. The van der Waals surface area contributed by atoms with E-state index in [0.29, 0.717) is 12.6 Å². The molecule has 6 heteroatoms. The van der Waals surface area contributed by atoms with Gasteiger partial charge < -0.3 is 14.2 Å². The summed E-state index contributed by atoms with van der Waals surface area (Å²) in [6, 6.07) is 8.00. The molecule has 0 saturated carbocycles. The highest BCUT2D eigenvalue weighted by Crippen LogP contribution is 2.21. The van der Waals surface area contributed by atoms with Crippen molar-refractivity contribution in [2.75, 3.05) is 31.6 Å². The van der Waals surface area contributed by atoms with E-state index in [1.54, 1.807) is 0 Å². The van der Waals surface area contributed by atoms with Crippen molar-refractivity contribution in [3.05, 3.63) is 24.3 Å². The van der Waals surface area contributed by atoms with Gasteiger partial charge in [0.2, 0.25) is 5.95 Å². The molecule has 6 nitrogen and oxygen atoms in total. The summed E-state index contributed by atoms with van der Waals surface area (Å²) in [7, 11) is 0. The largest absolute Gasteiger partial charge is 0.368 e. The minimum atomic E-state index is -0.346. The van der Waals surface area contributed by atoms with E-state index in [1.807, 2.05) is 24.3 Å². The van der Waals surface area contributed by atoms with Gasteiger partial charge in [-0.2, -0.15) is 0 Å². The third kappa shape index (κ3) is 3.60. The van der Waals surface area contributed by atoms with E-state index in [-0.39, 0.29) is 12.0 Å². The molecular formula is C18H26N4O2. The molecule has 0 aliphatic carbocycles. The highest BCUT2D eigenvalue weighted by molar-refractivity contribution is 5.94. The Balaban J connectivity index is 1.82. The summed E-state index contributed by atoms with van der Waals surface area (Å²) in [6.45, 7) is 8.74. The summed E-state index contributed by atoms with van der Waals surface area (Å²) in [5, 5.41) is 2.97. The first kappa shape index (κ1) is 16.9. The topological polar surface area (TPSA) is 59.4 Å². The van der Waals surface area contributed by atoms with Crippen molar-refractivity contribution >= 4 is 22.9 Å². The highest BCUT2D eigenvalue weighted by atomic mass is 16.5. The van der Waals surface area contributed by atoms with Crippen LogP contribution in [0.3, 0.4) is 0 Å². The molecule has 1 N–H and O–H groups in total. The minimum Gasteiger partial charge on any atom is -0.368 e. The van der Waals surface area contributed by atoms with Gasteiger partial charge in [0.05, 0.1) is 11.0 Å². The zero-order valence-electron chi connectivity index (χ0n) is 14.5. The number of nitrogens with one attached hydrogen (secondary N) is 1. The van der Waals surface area contributed by atoms with Crippen LogP contribution in [-0.2, 0) is 16.1 Å². The first-order valence-corrected chi connectivity index (χ1v) is 8.83. The molecule has 2 aromatic rings. The molecule has 1 aliphatic rings. The molecule has 1 aromatic carbocycles. The number of carbonyl (C=O) groups excluding carboxylic acids is 1. The van der Waals surface area contributed by atoms with E-state index in [9.17, 15) is 4.79 Å². The van der Waals surface area contributed by atoms with Crippen LogP contribution >= 0.6 is 0 Å². The molecule has 0 spiro atoms. The van der Waals surface area contributed by atoms with Gasteiger partial charge in [0.1, 0.15) is 6.10 Å². The quantitative estimate of drug-likeness (QED) is 0.847. The van der Waals surface area contributed by atoms with Gasteiger partial charge in [-0.3, -0.25) is 10.1 Å². The van der Waals surface area contributed by atoms with E-state index in [4.69, 9.17) is 4.74 Å². The Morgan fingerprint density at radius 1 is 1.38 bits per heavy atom. The van der Waals surface area contributed by atoms with Crippen molar-refractivity contribution < 1.29 is 9.53 Å². The fraction of sp³-hybridized carbons (Fsp3) is 0.556. The highest BCUT2D eigenvalue weighted by Gasteiger charge is 2.25. The number of carbonyl (C=O) groups is 1. The van der Waals surface area contributed by atoms with Crippen LogP contribution in [0.4, 0.5) is 5.95 Å². The van der Waals surface area contributed by atoms with Gasteiger partial charge in [0.25, 0.3) is 5.91 Å². The van der Waals surface area contributed by atoms with E-state index >= 15 is 0 Å². The predicted molar refractivity (Wildman–Crippen MR) is 95.1 cm³/mol. The van der Waals surface area contributed by atoms with Crippen LogP contribution in [-0.4, -0.2) is 52.7 Å². The number of hydrogen-bond donors (Lipinski definition) is 1. The molecule has 3 rings (SSSR count). The Morgan fingerprint density at radius 2 is 2.17 bits per heavy atom. The summed E-state index contributed by atoms with van der Waals surface area (Å²) in [5.74, 6) is 0.524. The van der Waals surface area contributed by atoms with Crippen LogP contribution in [0.25, 0.3) is 11.0 Å². The Bertz CT molecular complexity index is 687. The second kappa shape index (κ2) is 7.77. The van der Waals surface area contributed by atoms with Gasteiger partial charge >= 0.3 is 0 Å². The number of anilines is 1. The number of amides is 1. The molecular weight excluding hydrogens is 304 g/mol. The maximum absolute atomic E-state index is 12.4. The van der Waals surface area contributed by atoms with Crippen molar-refractivity contribution in [1.29, 1.82) is 0 Å².